The fourth-order valence-corrected chi connectivity index (χ4v) is 4.01. The molecule has 0 aliphatic heterocycles. The molecule has 1 aliphatic rings. The number of rotatable bonds is 10. The topological polar surface area (TPSA) is 60.7 Å². The average Bonchev–Trinajstić information content (AvgIpc) is 2.57. The van der Waals surface area contributed by atoms with Crippen LogP contribution >= 0.6 is 0 Å². The Balaban J connectivity index is 3.22. The first-order valence-electron chi connectivity index (χ1n) is 9.54. The van der Waals surface area contributed by atoms with E-state index < -0.39 is 17.1 Å². The lowest BCUT2D eigenvalue weighted by atomic mass is 9.61. The molecule has 1 rings (SSSR count). The zero-order chi connectivity index (χ0) is 18.4. The molecule has 0 radical (unpaired) electrons. The SMILES string of the molecule is C=CC(C)(C)[C@](O)(CCCC)[C@H](O)C1=CCCC[C@@]1(C)CCCO. The quantitative estimate of drug-likeness (QED) is 0.518. The maximum Gasteiger partial charge on any atom is 0.105 e. The van der Waals surface area contributed by atoms with Crippen LogP contribution in [0, 0.1) is 10.8 Å². The zero-order valence-electron chi connectivity index (χ0n) is 16.1. The molecule has 0 heterocycles. The summed E-state index contributed by atoms with van der Waals surface area (Å²) in [6.07, 6.45) is 9.97. The third-order valence-corrected chi connectivity index (χ3v) is 6.17. The second-order valence-corrected chi connectivity index (χ2v) is 8.30. The van der Waals surface area contributed by atoms with E-state index in [1.54, 1.807) is 6.08 Å². The van der Waals surface area contributed by atoms with Gasteiger partial charge in [-0.25, -0.2) is 0 Å². The van der Waals surface area contributed by atoms with Crippen molar-refractivity contribution in [1.29, 1.82) is 0 Å². The van der Waals surface area contributed by atoms with Crippen molar-refractivity contribution < 1.29 is 15.3 Å². The fraction of sp³-hybridized carbons (Fsp3) is 0.810. The van der Waals surface area contributed by atoms with E-state index in [1.807, 2.05) is 13.8 Å². The number of hydrogen-bond donors (Lipinski definition) is 3. The minimum atomic E-state index is -1.23. The summed E-state index contributed by atoms with van der Waals surface area (Å²) in [5.41, 5.74) is -1.01. The van der Waals surface area contributed by atoms with E-state index in [0.29, 0.717) is 6.42 Å². The Morgan fingerprint density at radius 3 is 2.58 bits per heavy atom. The Morgan fingerprint density at radius 2 is 2.04 bits per heavy atom. The zero-order valence-corrected chi connectivity index (χ0v) is 16.1. The van der Waals surface area contributed by atoms with Gasteiger partial charge in [-0.3, -0.25) is 0 Å². The molecule has 0 fully saturated rings. The Kier molecular flexibility index (Phi) is 7.71. The Bertz CT molecular complexity index is 440. The minimum absolute atomic E-state index is 0.155. The van der Waals surface area contributed by atoms with Gasteiger partial charge in [-0.15, -0.1) is 6.58 Å². The van der Waals surface area contributed by atoms with E-state index in [4.69, 9.17) is 0 Å². The molecule has 0 saturated carbocycles. The molecule has 24 heavy (non-hydrogen) atoms. The van der Waals surface area contributed by atoms with Crippen molar-refractivity contribution in [3.63, 3.8) is 0 Å². The van der Waals surface area contributed by atoms with Crippen LogP contribution in [0.5, 0.6) is 0 Å². The molecule has 0 aromatic carbocycles. The number of unbranched alkanes of at least 4 members (excludes halogenated alkanes) is 1. The van der Waals surface area contributed by atoms with Crippen molar-refractivity contribution in [2.75, 3.05) is 6.61 Å². The first kappa shape index (κ1) is 21.4. The number of aliphatic hydroxyl groups excluding tert-OH is 2. The predicted molar refractivity (Wildman–Crippen MR) is 101 cm³/mol. The Labute approximate surface area is 148 Å². The van der Waals surface area contributed by atoms with E-state index in [1.165, 1.54) is 0 Å². The molecule has 0 aromatic rings. The Hall–Kier alpha value is -0.640. The molecule has 0 spiro atoms. The van der Waals surface area contributed by atoms with Crippen LogP contribution in [0.2, 0.25) is 0 Å². The lowest BCUT2D eigenvalue weighted by molar-refractivity contribution is -0.129. The number of allylic oxidation sites excluding steroid dienone is 1. The first-order valence-corrected chi connectivity index (χ1v) is 9.54. The van der Waals surface area contributed by atoms with Gasteiger partial charge in [-0.2, -0.15) is 0 Å². The monoisotopic (exact) mass is 338 g/mol. The lowest BCUT2D eigenvalue weighted by Gasteiger charge is -2.49. The van der Waals surface area contributed by atoms with Crippen LogP contribution in [0.3, 0.4) is 0 Å². The molecule has 0 bridgehead atoms. The molecular formula is C21H38O3. The lowest BCUT2D eigenvalue weighted by Crippen LogP contribution is -2.55. The van der Waals surface area contributed by atoms with Crippen molar-refractivity contribution in [3.05, 3.63) is 24.3 Å². The minimum Gasteiger partial charge on any atom is -0.396 e. The molecule has 3 nitrogen and oxygen atoms in total. The maximum absolute atomic E-state index is 11.5. The fourth-order valence-electron chi connectivity index (χ4n) is 4.01. The van der Waals surface area contributed by atoms with Gasteiger partial charge in [-0.05, 0) is 49.5 Å². The van der Waals surface area contributed by atoms with Crippen molar-refractivity contribution in [1.82, 2.24) is 0 Å². The van der Waals surface area contributed by atoms with Gasteiger partial charge >= 0.3 is 0 Å². The van der Waals surface area contributed by atoms with Crippen molar-refractivity contribution in [2.45, 2.75) is 90.8 Å². The van der Waals surface area contributed by atoms with Crippen LogP contribution in [-0.4, -0.2) is 33.6 Å². The molecule has 140 valence electrons. The molecule has 0 unspecified atom stereocenters. The first-order chi connectivity index (χ1) is 11.2. The van der Waals surface area contributed by atoms with Gasteiger partial charge in [0, 0.05) is 12.0 Å². The van der Waals surface area contributed by atoms with Gasteiger partial charge in [0.25, 0.3) is 0 Å². The predicted octanol–water partition coefficient (Wildman–Crippen LogP) is 4.37. The second-order valence-electron chi connectivity index (χ2n) is 8.30. The van der Waals surface area contributed by atoms with Gasteiger partial charge in [0.1, 0.15) is 11.7 Å². The van der Waals surface area contributed by atoms with Crippen LogP contribution in [0.1, 0.15) is 79.1 Å². The van der Waals surface area contributed by atoms with E-state index in [2.05, 4.69) is 26.5 Å². The number of hydrogen-bond acceptors (Lipinski definition) is 3. The maximum atomic E-state index is 11.5. The highest BCUT2D eigenvalue weighted by atomic mass is 16.3. The van der Waals surface area contributed by atoms with Gasteiger partial charge in [-0.1, -0.05) is 52.7 Å². The molecule has 3 N–H and O–H groups in total. The summed E-state index contributed by atoms with van der Waals surface area (Å²) in [7, 11) is 0. The summed E-state index contributed by atoms with van der Waals surface area (Å²) in [6.45, 7) is 12.2. The van der Waals surface area contributed by atoms with Crippen LogP contribution < -0.4 is 0 Å². The standard InChI is InChI=1S/C21H38O3/c1-6-8-15-21(24,19(3,4)7-2)18(23)17-12-9-10-13-20(17,5)14-11-16-22/h7,12,18,22-24H,2,6,8-11,13-16H2,1,3-5H3/t18-,20+,21+/m1/s1. The summed E-state index contributed by atoms with van der Waals surface area (Å²) in [6, 6.07) is 0. The van der Waals surface area contributed by atoms with Crippen molar-refractivity contribution in [2.24, 2.45) is 10.8 Å². The van der Waals surface area contributed by atoms with Crippen LogP contribution in [0.4, 0.5) is 0 Å². The summed E-state index contributed by atoms with van der Waals surface area (Å²) < 4.78 is 0. The van der Waals surface area contributed by atoms with Crippen LogP contribution in [0.15, 0.2) is 24.3 Å². The average molecular weight is 339 g/mol. The van der Waals surface area contributed by atoms with Gasteiger partial charge in [0.05, 0.1) is 0 Å². The molecule has 0 amide bonds. The third kappa shape index (κ3) is 4.30. The summed E-state index contributed by atoms with van der Waals surface area (Å²) in [4.78, 5) is 0. The Morgan fingerprint density at radius 1 is 1.38 bits per heavy atom. The smallest absolute Gasteiger partial charge is 0.105 e. The molecule has 3 heteroatoms. The summed E-state index contributed by atoms with van der Waals surface area (Å²) in [5.74, 6) is 0. The highest BCUT2D eigenvalue weighted by Gasteiger charge is 2.50. The molecule has 0 saturated heterocycles. The molecule has 1 aliphatic carbocycles. The molecule has 3 atom stereocenters. The normalized spacial score (nSPS) is 25.7. The van der Waals surface area contributed by atoms with Crippen molar-refractivity contribution in [3.8, 4) is 0 Å². The largest absolute Gasteiger partial charge is 0.396 e. The summed E-state index contributed by atoms with van der Waals surface area (Å²) >= 11 is 0. The van der Waals surface area contributed by atoms with Crippen LogP contribution in [-0.2, 0) is 0 Å². The van der Waals surface area contributed by atoms with Crippen LogP contribution in [0.25, 0.3) is 0 Å². The van der Waals surface area contributed by atoms with Gasteiger partial charge in [0.15, 0.2) is 0 Å². The second kappa shape index (κ2) is 8.64. The van der Waals surface area contributed by atoms with E-state index in [0.717, 1.165) is 50.5 Å². The third-order valence-electron chi connectivity index (χ3n) is 6.17. The highest BCUT2D eigenvalue weighted by Crippen LogP contribution is 2.49. The van der Waals surface area contributed by atoms with Gasteiger partial charge < -0.3 is 15.3 Å². The van der Waals surface area contributed by atoms with E-state index in [-0.39, 0.29) is 12.0 Å². The van der Waals surface area contributed by atoms with E-state index in [9.17, 15) is 15.3 Å². The molecule has 0 aromatic heterocycles. The highest BCUT2D eigenvalue weighted by molar-refractivity contribution is 5.27. The number of aliphatic hydroxyl groups is 3. The van der Waals surface area contributed by atoms with Gasteiger partial charge in [0.2, 0.25) is 0 Å². The summed E-state index contributed by atoms with van der Waals surface area (Å²) in [5, 5.41) is 32.1. The molecular weight excluding hydrogens is 300 g/mol. The van der Waals surface area contributed by atoms with E-state index >= 15 is 0 Å². The van der Waals surface area contributed by atoms with Crippen molar-refractivity contribution >= 4 is 0 Å².